The lowest BCUT2D eigenvalue weighted by atomic mass is 10.2. The van der Waals surface area contributed by atoms with Crippen LogP contribution in [0.2, 0.25) is 0 Å². The molecule has 0 radical (unpaired) electrons. The first-order chi connectivity index (χ1) is 12.0. The summed E-state index contributed by atoms with van der Waals surface area (Å²) < 4.78 is 16.6. The lowest BCUT2D eigenvalue weighted by molar-refractivity contribution is -0.146. The molecule has 1 aromatic heterocycles. The van der Waals surface area contributed by atoms with E-state index in [-0.39, 0.29) is 13.0 Å². The number of anilines is 1. The van der Waals surface area contributed by atoms with Crippen molar-refractivity contribution >= 4 is 44.8 Å². The molecule has 0 atom stereocenters. The lowest BCUT2D eigenvalue weighted by Gasteiger charge is -2.20. The number of esters is 1. The lowest BCUT2D eigenvalue weighted by Crippen LogP contribution is -2.22. The van der Waals surface area contributed by atoms with Crippen LogP contribution in [0.3, 0.4) is 0 Å². The number of rotatable bonds is 5. The van der Waals surface area contributed by atoms with Crippen LogP contribution in [0.15, 0.2) is 22.0 Å². The SMILES string of the molecule is Cc1nc(CC(=O)OCC(=O)Nc2cc3c(cc2Br)OCCO3)cs1. The molecule has 132 valence electrons. The van der Waals surface area contributed by atoms with Crippen LogP contribution in [0.4, 0.5) is 5.69 Å². The molecule has 9 heteroatoms. The summed E-state index contributed by atoms with van der Waals surface area (Å²) in [5, 5.41) is 5.34. The number of benzene rings is 1. The van der Waals surface area contributed by atoms with Gasteiger partial charge in [0.05, 0.1) is 22.8 Å². The number of carbonyl (C=O) groups is 2. The Morgan fingerprint density at radius 2 is 2.04 bits per heavy atom. The standard InChI is InChI=1S/C16H15BrN2O5S/c1-9-18-10(8-25-9)4-16(21)24-7-15(20)19-12-6-14-13(5-11(12)17)22-2-3-23-14/h5-6,8H,2-4,7H2,1H3,(H,19,20). The van der Waals surface area contributed by atoms with Gasteiger partial charge in [0, 0.05) is 22.0 Å². The molecule has 0 bridgehead atoms. The van der Waals surface area contributed by atoms with Crippen molar-refractivity contribution in [3.63, 3.8) is 0 Å². The summed E-state index contributed by atoms with van der Waals surface area (Å²) in [6.07, 6.45) is 0.0470. The number of aryl methyl sites for hydroxylation is 1. The van der Waals surface area contributed by atoms with Crippen molar-refractivity contribution in [1.82, 2.24) is 4.98 Å². The third kappa shape index (κ3) is 4.70. The Morgan fingerprint density at radius 3 is 2.72 bits per heavy atom. The minimum Gasteiger partial charge on any atom is -0.486 e. The second-order valence-corrected chi connectivity index (χ2v) is 7.14. The van der Waals surface area contributed by atoms with Crippen molar-refractivity contribution < 1.29 is 23.8 Å². The van der Waals surface area contributed by atoms with E-state index < -0.39 is 11.9 Å². The van der Waals surface area contributed by atoms with E-state index in [1.807, 2.05) is 6.92 Å². The van der Waals surface area contributed by atoms with Gasteiger partial charge in [-0.3, -0.25) is 9.59 Å². The Labute approximate surface area is 156 Å². The molecule has 0 saturated carbocycles. The van der Waals surface area contributed by atoms with Crippen LogP contribution in [0, 0.1) is 6.92 Å². The van der Waals surface area contributed by atoms with Crippen LogP contribution in [0.1, 0.15) is 10.7 Å². The van der Waals surface area contributed by atoms with Gasteiger partial charge in [-0.25, -0.2) is 4.98 Å². The average Bonchev–Trinajstić information content (AvgIpc) is 2.98. The highest BCUT2D eigenvalue weighted by Gasteiger charge is 2.17. The topological polar surface area (TPSA) is 86.8 Å². The number of fused-ring (bicyclic) bond motifs is 1. The zero-order valence-corrected chi connectivity index (χ0v) is 15.7. The minimum atomic E-state index is -0.498. The number of amides is 1. The van der Waals surface area contributed by atoms with Gasteiger partial charge in [0.25, 0.3) is 5.91 Å². The molecular formula is C16H15BrN2O5S. The molecule has 1 aromatic carbocycles. The summed E-state index contributed by atoms with van der Waals surface area (Å²) in [7, 11) is 0. The number of carbonyl (C=O) groups excluding carboxylic acids is 2. The van der Waals surface area contributed by atoms with Gasteiger partial charge in [-0.2, -0.15) is 0 Å². The van der Waals surface area contributed by atoms with E-state index in [0.717, 1.165) is 5.01 Å². The van der Waals surface area contributed by atoms with E-state index in [2.05, 4.69) is 26.2 Å². The Bertz CT molecular complexity index is 808. The summed E-state index contributed by atoms with van der Waals surface area (Å²) >= 11 is 4.83. The second kappa shape index (κ2) is 7.83. The highest BCUT2D eigenvalue weighted by atomic mass is 79.9. The number of nitrogens with one attached hydrogen (secondary N) is 1. The molecule has 0 saturated heterocycles. The van der Waals surface area contributed by atoms with Crippen LogP contribution >= 0.6 is 27.3 Å². The van der Waals surface area contributed by atoms with Gasteiger partial charge >= 0.3 is 5.97 Å². The molecule has 1 aliphatic rings. The second-order valence-electron chi connectivity index (χ2n) is 5.22. The molecule has 0 unspecified atom stereocenters. The number of hydrogen-bond acceptors (Lipinski definition) is 7. The van der Waals surface area contributed by atoms with Crippen LogP contribution in [0.25, 0.3) is 0 Å². The molecular weight excluding hydrogens is 412 g/mol. The van der Waals surface area contributed by atoms with Crippen molar-refractivity contribution in [2.75, 3.05) is 25.1 Å². The van der Waals surface area contributed by atoms with Gasteiger partial charge in [0.15, 0.2) is 18.1 Å². The van der Waals surface area contributed by atoms with E-state index in [1.54, 1.807) is 17.5 Å². The first-order valence-corrected chi connectivity index (χ1v) is 9.14. The Balaban J connectivity index is 1.53. The number of nitrogens with zero attached hydrogens (tertiary/aromatic N) is 1. The van der Waals surface area contributed by atoms with Gasteiger partial charge in [-0.15, -0.1) is 11.3 Å². The van der Waals surface area contributed by atoms with E-state index in [1.165, 1.54) is 11.3 Å². The summed E-state index contributed by atoms with van der Waals surface area (Å²) in [4.78, 5) is 27.9. The van der Waals surface area contributed by atoms with Crippen LogP contribution < -0.4 is 14.8 Å². The zero-order chi connectivity index (χ0) is 17.8. The number of halogens is 1. The number of ether oxygens (including phenoxy) is 3. The largest absolute Gasteiger partial charge is 0.486 e. The Hall–Kier alpha value is -2.13. The molecule has 25 heavy (non-hydrogen) atoms. The summed E-state index contributed by atoms with van der Waals surface area (Å²) in [6, 6.07) is 3.39. The van der Waals surface area contributed by atoms with Crippen molar-refractivity contribution in [2.45, 2.75) is 13.3 Å². The molecule has 2 aromatic rings. The maximum Gasteiger partial charge on any atom is 0.312 e. The number of thiazole rings is 1. The fraction of sp³-hybridized carbons (Fsp3) is 0.312. The fourth-order valence-corrected chi connectivity index (χ4v) is 3.21. The van der Waals surface area contributed by atoms with Gasteiger partial charge in [0.2, 0.25) is 0 Å². The monoisotopic (exact) mass is 426 g/mol. The van der Waals surface area contributed by atoms with E-state index in [0.29, 0.717) is 40.6 Å². The van der Waals surface area contributed by atoms with Crippen molar-refractivity contribution in [3.8, 4) is 11.5 Å². The van der Waals surface area contributed by atoms with E-state index in [4.69, 9.17) is 14.2 Å². The van der Waals surface area contributed by atoms with Crippen LogP contribution in [-0.2, 0) is 20.7 Å². The quantitative estimate of drug-likeness (QED) is 0.739. The Morgan fingerprint density at radius 1 is 1.32 bits per heavy atom. The molecule has 0 spiro atoms. The molecule has 1 amide bonds. The minimum absolute atomic E-state index is 0.0470. The predicted molar refractivity (Wildman–Crippen MR) is 95.3 cm³/mol. The molecule has 2 heterocycles. The van der Waals surface area contributed by atoms with Gasteiger partial charge < -0.3 is 19.5 Å². The molecule has 0 fully saturated rings. The van der Waals surface area contributed by atoms with E-state index in [9.17, 15) is 9.59 Å². The fourth-order valence-electron chi connectivity index (χ4n) is 2.18. The highest BCUT2D eigenvalue weighted by Crippen LogP contribution is 2.38. The molecule has 1 N–H and O–H groups in total. The summed E-state index contributed by atoms with van der Waals surface area (Å²) in [5.41, 5.74) is 1.16. The first kappa shape index (κ1) is 17.7. The van der Waals surface area contributed by atoms with Crippen molar-refractivity contribution in [3.05, 3.63) is 32.7 Å². The van der Waals surface area contributed by atoms with Crippen molar-refractivity contribution in [2.24, 2.45) is 0 Å². The third-order valence-corrected chi connectivity index (χ3v) is 4.74. The van der Waals surface area contributed by atoms with Gasteiger partial charge in [-0.05, 0) is 22.9 Å². The Kier molecular flexibility index (Phi) is 5.54. The van der Waals surface area contributed by atoms with Crippen molar-refractivity contribution in [1.29, 1.82) is 0 Å². The highest BCUT2D eigenvalue weighted by molar-refractivity contribution is 9.10. The molecule has 3 rings (SSSR count). The number of aromatic nitrogens is 1. The predicted octanol–water partition coefficient (Wildman–Crippen LogP) is 2.71. The third-order valence-electron chi connectivity index (χ3n) is 3.26. The average molecular weight is 427 g/mol. The van der Waals surface area contributed by atoms with Crippen LogP contribution in [-0.4, -0.2) is 36.7 Å². The molecule has 1 aliphatic heterocycles. The van der Waals surface area contributed by atoms with E-state index >= 15 is 0 Å². The van der Waals surface area contributed by atoms with Crippen LogP contribution in [0.5, 0.6) is 11.5 Å². The van der Waals surface area contributed by atoms with Gasteiger partial charge in [-0.1, -0.05) is 0 Å². The molecule has 0 aliphatic carbocycles. The van der Waals surface area contributed by atoms with Gasteiger partial charge in [0.1, 0.15) is 13.2 Å². The zero-order valence-electron chi connectivity index (χ0n) is 13.3. The summed E-state index contributed by atoms with van der Waals surface area (Å²) in [5.74, 6) is 0.226. The maximum atomic E-state index is 12.0. The smallest absolute Gasteiger partial charge is 0.312 e. The molecule has 7 nitrogen and oxygen atoms in total. The first-order valence-electron chi connectivity index (χ1n) is 7.47. The maximum absolute atomic E-state index is 12.0. The normalized spacial score (nSPS) is 12.6. The number of hydrogen-bond donors (Lipinski definition) is 1. The summed E-state index contributed by atoms with van der Waals surface area (Å²) in [6.45, 7) is 2.43.